The maximum Gasteiger partial charge on any atom is -0.0409 e. The molecule has 0 heteroatoms. The van der Waals surface area contributed by atoms with Crippen molar-refractivity contribution >= 4 is 0 Å². The molecule has 41 heavy (non-hydrogen) atoms. The fraction of sp³-hybridized carbons (Fsp3) is 1.00. The van der Waals surface area contributed by atoms with Crippen LogP contribution in [0.25, 0.3) is 0 Å². The van der Waals surface area contributed by atoms with Crippen LogP contribution in [0.2, 0.25) is 0 Å². The highest BCUT2D eigenvalue weighted by Crippen LogP contribution is 2.45. The Labute approximate surface area is 258 Å². The van der Waals surface area contributed by atoms with E-state index in [0.717, 1.165) is 23.7 Å². The summed E-state index contributed by atoms with van der Waals surface area (Å²) in [6.45, 7) is 0. The molecule has 0 heterocycles. The molecule has 12 aliphatic rings. The topological polar surface area (TPSA) is 0 Å². The molecule has 12 saturated carbocycles. The fourth-order valence-electron chi connectivity index (χ4n) is 10.8. The summed E-state index contributed by atoms with van der Waals surface area (Å²) in [5.74, 6) is 9.33. The standard InChI is InChI=1S/2C8H14.2C7H12.C6H12.C5H10/c1-2-8-5-3-7(1)4-6-8;1-2-7-4-5-8(3-1)6-7;1-2-7-4-3-6(1)5-7;1-2-6-4-7(3-1)5-6;1-2-4-6-5-3-1;1-2-4-5-3-1/h2*7-8H,1-6H2;2*6-7H,1-5H2;1-6H2;1-5H2. The monoisotopic (exact) mass is 567 g/mol. The summed E-state index contributed by atoms with van der Waals surface area (Å²) in [6.07, 6.45) is 50.8. The molecule has 0 N–H and O–H groups in total. The van der Waals surface area contributed by atoms with Gasteiger partial charge in [0.25, 0.3) is 0 Å². The van der Waals surface area contributed by atoms with Crippen molar-refractivity contribution in [2.24, 2.45) is 47.3 Å². The smallest absolute Gasteiger partial charge is 0.0409 e. The Kier molecular flexibility index (Phi) is 14.8. The van der Waals surface area contributed by atoms with Gasteiger partial charge in [-0.25, -0.2) is 0 Å². The quantitative estimate of drug-likeness (QED) is 0.273. The van der Waals surface area contributed by atoms with Gasteiger partial charge in [0.15, 0.2) is 0 Å². The molecule has 0 aromatic rings. The van der Waals surface area contributed by atoms with Gasteiger partial charge in [0.1, 0.15) is 0 Å². The predicted octanol–water partition coefficient (Wildman–Crippen LogP) is 13.9. The number of fused-ring (bicyclic) bond motifs is 9. The molecule has 2 unspecified atom stereocenters. The van der Waals surface area contributed by atoms with Crippen molar-refractivity contribution in [1.82, 2.24) is 0 Å². The van der Waals surface area contributed by atoms with E-state index in [4.69, 9.17) is 0 Å². The second kappa shape index (κ2) is 18.7. The van der Waals surface area contributed by atoms with Gasteiger partial charge in [0.2, 0.25) is 0 Å². The highest BCUT2D eigenvalue weighted by atomic mass is 14.4. The third-order valence-electron chi connectivity index (χ3n) is 13.8. The van der Waals surface area contributed by atoms with Crippen LogP contribution in [0.15, 0.2) is 0 Å². The highest BCUT2D eigenvalue weighted by molar-refractivity contribution is 4.84. The minimum atomic E-state index is 1.15. The van der Waals surface area contributed by atoms with Crippen LogP contribution < -0.4 is 0 Å². The lowest BCUT2D eigenvalue weighted by Gasteiger charge is -2.40. The first kappa shape index (κ1) is 32.4. The Morgan fingerprint density at radius 3 is 0.512 bits per heavy atom. The Balaban J connectivity index is 0.0000000995. The van der Waals surface area contributed by atoms with Crippen LogP contribution in [0.4, 0.5) is 0 Å². The summed E-state index contributed by atoms with van der Waals surface area (Å²) < 4.78 is 0. The second-order valence-electron chi connectivity index (χ2n) is 17.1. The van der Waals surface area contributed by atoms with Gasteiger partial charge in [-0.1, -0.05) is 186 Å². The molecule has 0 saturated heterocycles. The van der Waals surface area contributed by atoms with Crippen LogP contribution in [-0.4, -0.2) is 0 Å². The first-order valence-electron chi connectivity index (χ1n) is 20.3. The molecule has 0 radical (unpaired) electrons. The van der Waals surface area contributed by atoms with E-state index in [9.17, 15) is 0 Å². The van der Waals surface area contributed by atoms with Gasteiger partial charge in [0, 0.05) is 0 Å². The van der Waals surface area contributed by atoms with Crippen LogP contribution in [0, 0.1) is 47.3 Å². The third-order valence-corrected chi connectivity index (χ3v) is 13.8. The average molecular weight is 567 g/mol. The van der Waals surface area contributed by atoms with Gasteiger partial charge in [-0.15, -0.1) is 0 Å². The van der Waals surface area contributed by atoms with E-state index in [1.807, 2.05) is 0 Å². The third kappa shape index (κ3) is 12.1. The Bertz CT molecular complexity index is 542. The summed E-state index contributed by atoms with van der Waals surface area (Å²) in [4.78, 5) is 0. The van der Waals surface area contributed by atoms with E-state index >= 15 is 0 Å². The molecule has 0 aromatic carbocycles. The number of rotatable bonds is 0. The van der Waals surface area contributed by atoms with Gasteiger partial charge in [0.05, 0.1) is 0 Å². The van der Waals surface area contributed by atoms with Crippen LogP contribution in [0.1, 0.15) is 212 Å². The molecule has 0 amide bonds. The molecular weight excluding hydrogens is 492 g/mol. The first-order valence-corrected chi connectivity index (χ1v) is 20.3. The van der Waals surface area contributed by atoms with Crippen molar-refractivity contribution < 1.29 is 0 Å². The zero-order valence-corrected chi connectivity index (χ0v) is 28.0. The Morgan fingerprint density at radius 2 is 0.341 bits per heavy atom. The molecule has 238 valence electrons. The Hall–Kier alpha value is 0. The second-order valence-corrected chi connectivity index (χ2v) is 17.1. The number of hydrogen-bond donors (Lipinski definition) is 0. The van der Waals surface area contributed by atoms with Gasteiger partial charge in [-0.3, -0.25) is 0 Å². The molecule has 0 aliphatic heterocycles. The van der Waals surface area contributed by atoms with E-state index in [0.29, 0.717) is 0 Å². The maximum atomic E-state index is 1.58. The molecule has 0 aromatic heterocycles. The van der Waals surface area contributed by atoms with Crippen molar-refractivity contribution in [3.8, 4) is 0 Å². The van der Waals surface area contributed by atoms with E-state index in [2.05, 4.69) is 0 Å². The molecule has 12 aliphatic carbocycles. The average Bonchev–Trinajstić information content (AvgIpc) is 3.90. The molecule has 0 nitrogen and oxygen atoms in total. The normalized spacial score (nSPS) is 40.4. The SMILES string of the molecule is C1CC2CC(C1)C2.C1CC2CCC(C1)C2.C1CC2CCC1C2.C1CC2CCC1CC2.C1CCCC1.C1CCCCC1. The van der Waals surface area contributed by atoms with E-state index in [1.165, 1.54) is 107 Å². The minimum absolute atomic E-state index is 1.15. The molecule has 12 rings (SSSR count). The van der Waals surface area contributed by atoms with Gasteiger partial charge in [-0.2, -0.15) is 0 Å². The Morgan fingerprint density at radius 1 is 0.146 bits per heavy atom. The van der Waals surface area contributed by atoms with Crippen LogP contribution in [0.5, 0.6) is 0 Å². The zero-order chi connectivity index (χ0) is 28.0. The molecule has 12 fully saturated rings. The zero-order valence-electron chi connectivity index (χ0n) is 28.0. The van der Waals surface area contributed by atoms with E-state index in [1.54, 1.807) is 128 Å². The molecule has 2 atom stereocenters. The van der Waals surface area contributed by atoms with Gasteiger partial charge in [-0.05, 0) is 73.0 Å². The lowest BCUT2D eigenvalue weighted by Crippen LogP contribution is -2.28. The largest absolute Gasteiger partial charge is 0.0533 e. The van der Waals surface area contributed by atoms with Crippen molar-refractivity contribution in [2.45, 2.75) is 212 Å². The van der Waals surface area contributed by atoms with E-state index in [-0.39, 0.29) is 0 Å². The summed E-state index contributed by atoms with van der Waals surface area (Å²) >= 11 is 0. The van der Waals surface area contributed by atoms with Crippen LogP contribution >= 0.6 is 0 Å². The molecule has 8 bridgehead atoms. The summed E-state index contributed by atoms with van der Waals surface area (Å²) in [5.41, 5.74) is 0. The molecular formula is C41H74. The lowest BCUT2D eigenvalue weighted by molar-refractivity contribution is 0.116. The first-order chi connectivity index (χ1) is 20.3. The van der Waals surface area contributed by atoms with Crippen molar-refractivity contribution in [3.05, 3.63) is 0 Å². The van der Waals surface area contributed by atoms with Crippen molar-refractivity contribution in [3.63, 3.8) is 0 Å². The number of hydrogen-bond acceptors (Lipinski definition) is 0. The minimum Gasteiger partial charge on any atom is -0.0533 e. The van der Waals surface area contributed by atoms with Crippen LogP contribution in [-0.2, 0) is 0 Å². The highest BCUT2D eigenvalue weighted by Gasteiger charge is 2.32. The summed E-state index contributed by atoms with van der Waals surface area (Å²) in [5, 5.41) is 0. The van der Waals surface area contributed by atoms with Crippen molar-refractivity contribution in [2.75, 3.05) is 0 Å². The molecule has 0 spiro atoms. The maximum absolute atomic E-state index is 1.58. The lowest BCUT2D eigenvalue weighted by atomic mass is 9.65. The fourth-order valence-corrected chi connectivity index (χ4v) is 10.8. The van der Waals surface area contributed by atoms with Crippen molar-refractivity contribution in [1.29, 1.82) is 0 Å². The summed E-state index contributed by atoms with van der Waals surface area (Å²) in [7, 11) is 0. The summed E-state index contributed by atoms with van der Waals surface area (Å²) in [6, 6.07) is 0. The van der Waals surface area contributed by atoms with Crippen LogP contribution in [0.3, 0.4) is 0 Å². The van der Waals surface area contributed by atoms with Gasteiger partial charge < -0.3 is 0 Å². The predicted molar refractivity (Wildman–Crippen MR) is 180 cm³/mol. The van der Waals surface area contributed by atoms with Gasteiger partial charge >= 0.3 is 0 Å². The van der Waals surface area contributed by atoms with E-state index < -0.39 is 0 Å².